The first-order valence-electron chi connectivity index (χ1n) is 5.42. The van der Waals surface area contributed by atoms with E-state index in [0.29, 0.717) is 12.2 Å². The van der Waals surface area contributed by atoms with E-state index in [1.165, 1.54) is 12.1 Å². The Bertz CT molecular complexity index is 439. The first kappa shape index (κ1) is 11.7. The Morgan fingerprint density at radius 1 is 1.24 bits per heavy atom. The number of ether oxygens (including phenoxy) is 1. The summed E-state index contributed by atoms with van der Waals surface area (Å²) >= 11 is 0. The lowest BCUT2D eigenvalue weighted by Gasteiger charge is -2.11. The number of nitrogens with one attached hydrogen (secondary N) is 1. The molecule has 0 bridgehead atoms. The molecule has 0 aliphatic carbocycles. The lowest BCUT2D eigenvalue weighted by molar-refractivity contribution is 0.108. The van der Waals surface area contributed by atoms with Crippen molar-refractivity contribution in [2.45, 2.75) is 12.5 Å². The van der Waals surface area contributed by atoms with Crippen molar-refractivity contribution >= 4 is 0 Å². The lowest BCUT2D eigenvalue weighted by atomic mass is 10.1. The summed E-state index contributed by atoms with van der Waals surface area (Å²) < 4.78 is 18.0. The third-order valence-electron chi connectivity index (χ3n) is 2.39. The average molecular weight is 235 g/mol. The van der Waals surface area contributed by atoms with Crippen LogP contribution in [0.4, 0.5) is 4.39 Å². The van der Waals surface area contributed by atoms with Gasteiger partial charge in [-0.1, -0.05) is 0 Å². The lowest BCUT2D eigenvalue weighted by Crippen LogP contribution is -2.19. The Morgan fingerprint density at radius 2 is 2.00 bits per heavy atom. The van der Waals surface area contributed by atoms with Crippen molar-refractivity contribution in [1.29, 1.82) is 0 Å². The fraction of sp³-hybridized carbons (Fsp3) is 0.231. The molecule has 0 aliphatic heterocycles. The third kappa shape index (κ3) is 3.60. The van der Waals surface area contributed by atoms with E-state index in [4.69, 9.17) is 4.74 Å². The molecular weight excluding hydrogens is 221 g/mol. The summed E-state index contributed by atoms with van der Waals surface area (Å²) in [7, 11) is 0. The van der Waals surface area contributed by atoms with Crippen LogP contribution in [0.5, 0.6) is 5.75 Å². The number of halogens is 1. The standard InChI is InChI=1S/C13H14FNO2/c14-11-1-3-13(4-2-11)17-9-12(16)7-10-5-6-15-8-10/h1-6,8,12,15-16H,7,9H2. The Morgan fingerprint density at radius 3 is 2.65 bits per heavy atom. The van der Waals surface area contributed by atoms with Gasteiger partial charge in [-0.15, -0.1) is 0 Å². The predicted molar refractivity (Wildman–Crippen MR) is 62.4 cm³/mol. The first-order chi connectivity index (χ1) is 8.24. The molecule has 1 aromatic carbocycles. The monoisotopic (exact) mass is 235 g/mol. The second-order valence-electron chi connectivity index (χ2n) is 3.84. The van der Waals surface area contributed by atoms with E-state index in [9.17, 15) is 9.50 Å². The Kier molecular flexibility index (Phi) is 3.77. The van der Waals surface area contributed by atoms with E-state index in [-0.39, 0.29) is 12.4 Å². The highest BCUT2D eigenvalue weighted by Gasteiger charge is 2.07. The minimum atomic E-state index is -0.573. The Balaban J connectivity index is 1.79. The van der Waals surface area contributed by atoms with Gasteiger partial charge in [0.25, 0.3) is 0 Å². The van der Waals surface area contributed by atoms with Crippen LogP contribution in [0.1, 0.15) is 5.56 Å². The number of hydrogen-bond donors (Lipinski definition) is 2. The summed E-state index contributed by atoms with van der Waals surface area (Å²) in [6.45, 7) is 0.191. The molecule has 17 heavy (non-hydrogen) atoms. The van der Waals surface area contributed by atoms with Gasteiger partial charge in [-0.05, 0) is 35.9 Å². The minimum Gasteiger partial charge on any atom is -0.491 e. The molecule has 0 saturated heterocycles. The van der Waals surface area contributed by atoms with Gasteiger partial charge in [-0.2, -0.15) is 0 Å². The van der Waals surface area contributed by atoms with Crippen LogP contribution in [0.15, 0.2) is 42.7 Å². The Hall–Kier alpha value is -1.81. The second kappa shape index (κ2) is 5.50. The highest BCUT2D eigenvalue weighted by atomic mass is 19.1. The molecule has 0 radical (unpaired) electrons. The van der Waals surface area contributed by atoms with Gasteiger partial charge in [0.05, 0.1) is 6.10 Å². The summed E-state index contributed by atoms with van der Waals surface area (Å²) in [5.74, 6) is 0.254. The molecule has 1 atom stereocenters. The molecule has 1 aromatic heterocycles. The summed E-state index contributed by atoms with van der Waals surface area (Å²) in [4.78, 5) is 2.92. The zero-order chi connectivity index (χ0) is 12.1. The number of aliphatic hydroxyl groups is 1. The van der Waals surface area contributed by atoms with E-state index >= 15 is 0 Å². The van der Waals surface area contributed by atoms with Gasteiger partial charge in [0.2, 0.25) is 0 Å². The highest BCUT2D eigenvalue weighted by Crippen LogP contribution is 2.12. The maximum Gasteiger partial charge on any atom is 0.123 e. The van der Waals surface area contributed by atoms with Gasteiger partial charge in [0, 0.05) is 18.8 Å². The van der Waals surface area contributed by atoms with E-state index in [0.717, 1.165) is 5.56 Å². The largest absolute Gasteiger partial charge is 0.491 e. The molecule has 1 unspecified atom stereocenters. The van der Waals surface area contributed by atoms with E-state index < -0.39 is 6.10 Å². The topological polar surface area (TPSA) is 45.2 Å². The number of H-pyrrole nitrogens is 1. The molecule has 0 fully saturated rings. The molecule has 4 heteroatoms. The molecule has 0 spiro atoms. The van der Waals surface area contributed by atoms with Crippen LogP contribution in [0.25, 0.3) is 0 Å². The zero-order valence-electron chi connectivity index (χ0n) is 9.27. The molecule has 2 aromatic rings. The number of benzene rings is 1. The van der Waals surface area contributed by atoms with Crippen LogP contribution in [0.3, 0.4) is 0 Å². The molecule has 2 N–H and O–H groups in total. The van der Waals surface area contributed by atoms with Crippen LogP contribution in [-0.4, -0.2) is 22.8 Å². The molecule has 3 nitrogen and oxygen atoms in total. The number of hydrogen-bond acceptors (Lipinski definition) is 2. The molecule has 0 aliphatic rings. The summed E-state index contributed by atoms with van der Waals surface area (Å²) in [5.41, 5.74) is 1.03. The van der Waals surface area contributed by atoms with Crippen molar-refractivity contribution in [1.82, 2.24) is 4.98 Å². The normalized spacial score (nSPS) is 12.4. The van der Waals surface area contributed by atoms with Crippen LogP contribution in [-0.2, 0) is 6.42 Å². The van der Waals surface area contributed by atoms with Crippen molar-refractivity contribution in [2.75, 3.05) is 6.61 Å². The average Bonchev–Trinajstić information content (AvgIpc) is 2.81. The molecule has 2 rings (SSSR count). The van der Waals surface area contributed by atoms with Crippen molar-refractivity contribution < 1.29 is 14.2 Å². The highest BCUT2D eigenvalue weighted by molar-refractivity contribution is 5.22. The second-order valence-corrected chi connectivity index (χ2v) is 3.84. The molecule has 1 heterocycles. The number of aliphatic hydroxyl groups excluding tert-OH is 1. The zero-order valence-corrected chi connectivity index (χ0v) is 9.27. The van der Waals surface area contributed by atoms with Crippen molar-refractivity contribution in [3.05, 3.63) is 54.1 Å². The Labute approximate surface area is 98.9 Å². The van der Waals surface area contributed by atoms with Crippen LogP contribution >= 0.6 is 0 Å². The van der Waals surface area contributed by atoms with E-state index in [2.05, 4.69) is 4.98 Å². The summed E-state index contributed by atoms with van der Waals surface area (Å²) in [6, 6.07) is 7.64. The van der Waals surface area contributed by atoms with Gasteiger partial charge in [0.1, 0.15) is 18.2 Å². The van der Waals surface area contributed by atoms with Crippen LogP contribution in [0, 0.1) is 5.82 Å². The van der Waals surface area contributed by atoms with Crippen LogP contribution < -0.4 is 4.74 Å². The summed E-state index contributed by atoms with van der Waals surface area (Å²) in [6.07, 6.45) is 3.60. The smallest absolute Gasteiger partial charge is 0.123 e. The van der Waals surface area contributed by atoms with Gasteiger partial charge in [0.15, 0.2) is 0 Å². The van der Waals surface area contributed by atoms with E-state index in [1.54, 1.807) is 12.1 Å². The number of aromatic amines is 1. The van der Waals surface area contributed by atoms with Crippen molar-refractivity contribution in [2.24, 2.45) is 0 Å². The number of rotatable bonds is 5. The summed E-state index contributed by atoms with van der Waals surface area (Å²) in [5, 5.41) is 9.72. The molecule has 0 saturated carbocycles. The van der Waals surface area contributed by atoms with Gasteiger partial charge in [-0.25, -0.2) is 4.39 Å². The molecule has 90 valence electrons. The number of aromatic nitrogens is 1. The van der Waals surface area contributed by atoms with Gasteiger partial charge in [-0.3, -0.25) is 0 Å². The SMILES string of the molecule is OC(COc1ccc(F)cc1)Cc1cc[nH]c1. The van der Waals surface area contributed by atoms with Gasteiger partial charge < -0.3 is 14.8 Å². The fourth-order valence-corrected chi connectivity index (χ4v) is 1.54. The maximum atomic E-state index is 12.6. The fourth-order valence-electron chi connectivity index (χ4n) is 1.54. The molecule has 0 amide bonds. The van der Waals surface area contributed by atoms with Crippen molar-refractivity contribution in [3.8, 4) is 5.75 Å². The maximum absolute atomic E-state index is 12.6. The van der Waals surface area contributed by atoms with Crippen LogP contribution in [0.2, 0.25) is 0 Å². The van der Waals surface area contributed by atoms with E-state index in [1.807, 2.05) is 18.5 Å². The molecular formula is C13H14FNO2. The first-order valence-corrected chi connectivity index (χ1v) is 5.42. The third-order valence-corrected chi connectivity index (χ3v) is 2.39. The van der Waals surface area contributed by atoms with Crippen molar-refractivity contribution in [3.63, 3.8) is 0 Å². The predicted octanol–water partition coefficient (Wildman–Crippen LogP) is 2.14. The quantitative estimate of drug-likeness (QED) is 0.834. The van der Waals surface area contributed by atoms with Gasteiger partial charge >= 0.3 is 0 Å². The minimum absolute atomic E-state index is 0.191.